The molecule has 3 heterocycles. The smallest absolute Gasteiger partial charge is 0.384 e. The highest BCUT2D eigenvalue weighted by atomic mass is 19.4. The number of halogens is 4. The van der Waals surface area contributed by atoms with E-state index >= 15 is 0 Å². The molecular weight excluding hydrogens is 442 g/mol. The van der Waals surface area contributed by atoms with Gasteiger partial charge in [-0.1, -0.05) is 6.42 Å². The van der Waals surface area contributed by atoms with Crippen molar-refractivity contribution >= 4 is 17.2 Å². The van der Waals surface area contributed by atoms with E-state index in [1.807, 2.05) is 0 Å². The molecule has 1 atom stereocenters. The number of pyridine rings is 1. The van der Waals surface area contributed by atoms with E-state index in [1.54, 1.807) is 0 Å². The molecule has 0 saturated heterocycles. The summed E-state index contributed by atoms with van der Waals surface area (Å²) < 4.78 is 56.0. The van der Waals surface area contributed by atoms with E-state index in [1.165, 1.54) is 30.6 Å². The van der Waals surface area contributed by atoms with Gasteiger partial charge in [-0.2, -0.15) is 17.6 Å². The van der Waals surface area contributed by atoms with Crippen molar-refractivity contribution in [3.05, 3.63) is 53.0 Å². The number of rotatable bonds is 3. The Kier molecular flexibility index (Phi) is 4.59. The molecule has 1 amide bonds. The first-order valence-electron chi connectivity index (χ1n) is 10.5. The molecule has 0 aromatic carbocycles. The Balaban J connectivity index is 1.50. The van der Waals surface area contributed by atoms with E-state index in [9.17, 15) is 27.5 Å². The van der Waals surface area contributed by atoms with Gasteiger partial charge in [0, 0.05) is 23.2 Å². The van der Waals surface area contributed by atoms with Crippen LogP contribution in [0, 0.1) is 5.95 Å². The first-order chi connectivity index (χ1) is 15.4. The monoisotopic (exact) mass is 463 g/mol. The minimum atomic E-state index is -4.77. The van der Waals surface area contributed by atoms with Crippen LogP contribution in [-0.2, 0) is 22.0 Å². The lowest BCUT2D eigenvalue weighted by Gasteiger charge is -2.39. The molecule has 2 aliphatic rings. The van der Waals surface area contributed by atoms with Crippen molar-refractivity contribution in [3.63, 3.8) is 0 Å². The number of fused-ring (bicyclic) bond motifs is 4. The Hall–Kier alpha value is -3.08. The maximum atomic E-state index is 13.8. The lowest BCUT2D eigenvalue weighted by Crippen LogP contribution is -2.34. The normalized spacial score (nSPS) is 19.5. The number of hydrogen-bond donors (Lipinski definition) is 2. The molecule has 0 unspecified atom stereocenters. The van der Waals surface area contributed by atoms with Crippen LogP contribution in [-0.4, -0.2) is 30.6 Å². The number of alkyl halides is 3. The van der Waals surface area contributed by atoms with Gasteiger partial charge in [0.25, 0.3) is 0 Å². The fraction of sp³-hybridized carbons (Fsp3) is 0.455. The van der Waals surface area contributed by atoms with E-state index in [0.717, 1.165) is 37.2 Å². The zero-order chi connectivity index (χ0) is 23.8. The van der Waals surface area contributed by atoms with Gasteiger partial charge in [0.2, 0.25) is 11.9 Å². The molecule has 3 aromatic rings. The average Bonchev–Trinajstić information content (AvgIpc) is 3.23. The minimum Gasteiger partial charge on any atom is -0.384 e. The molecule has 2 aliphatic carbocycles. The molecule has 0 radical (unpaired) electrons. The number of nitrogens with zero attached hydrogens (tertiary/aromatic N) is 4. The van der Waals surface area contributed by atoms with Crippen molar-refractivity contribution < 1.29 is 27.5 Å². The number of anilines is 1. The lowest BCUT2D eigenvalue weighted by atomic mass is 9.66. The zero-order valence-electron chi connectivity index (χ0n) is 17.9. The highest BCUT2D eigenvalue weighted by Crippen LogP contribution is 2.56. The number of aliphatic hydroxyl groups is 1. The van der Waals surface area contributed by atoms with Crippen LogP contribution in [0.4, 0.5) is 23.2 Å². The molecule has 3 aromatic heterocycles. The maximum Gasteiger partial charge on any atom is 0.418 e. The van der Waals surface area contributed by atoms with E-state index in [0.29, 0.717) is 17.6 Å². The van der Waals surface area contributed by atoms with Crippen LogP contribution in [0.25, 0.3) is 5.65 Å². The number of carbonyl (C=O) groups is 1. The third-order valence-electron chi connectivity index (χ3n) is 6.62. The molecule has 1 saturated carbocycles. The molecule has 7 nitrogen and oxygen atoms in total. The van der Waals surface area contributed by atoms with Gasteiger partial charge < -0.3 is 10.4 Å². The summed E-state index contributed by atoms with van der Waals surface area (Å²) in [5, 5.41) is 16.5. The quantitative estimate of drug-likeness (QED) is 0.572. The summed E-state index contributed by atoms with van der Waals surface area (Å²) >= 11 is 0. The van der Waals surface area contributed by atoms with Gasteiger partial charge in [-0.15, -0.1) is 5.10 Å². The van der Waals surface area contributed by atoms with Crippen molar-refractivity contribution in [2.45, 2.75) is 62.6 Å². The van der Waals surface area contributed by atoms with Gasteiger partial charge in [0.15, 0.2) is 5.65 Å². The molecule has 0 bridgehead atoms. The van der Waals surface area contributed by atoms with Crippen LogP contribution in [0.1, 0.15) is 68.0 Å². The Morgan fingerprint density at radius 1 is 1.21 bits per heavy atom. The van der Waals surface area contributed by atoms with Crippen LogP contribution in [0.5, 0.6) is 0 Å². The maximum absolute atomic E-state index is 13.8. The largest absolute Gasteiger partial charge is 0.418 e. The Morgan fingerprint density at radius 3 is 2.55 bits per heavy atom. The van der Waals surface area contributed by atoms with Crippen molar-refractivity contribution in [2.75, 3.05) is 5.32 Å². The Labute approximate surface area is 185 Å². The standard InChI is InChI=1S/C22H21F4N5O2/c1-20(2,33)17-14(22(24,25)26)6-11(9-28-17)29-19(32)12-8-21(4-3-5-21)18-13(12)10-27-16-7-15(23)30-31(16)18/h6-7,9-10,12,33H,3-5,8H2,1-2H3,(H,29,32)/t12-/m0/s1. The number of aromatic nitrogens is 4. The van der Waals surface area contributed by atoms with E-state index in [4.69, 9.17) is 0 Å². The van der Waals surface area contributed by atoms with E-state index in [-0.39, 0.29) is 11.1 Å². The van der Waals surface area contributed by atoms with Crippen LogP contribution in [0.2, 0.25) is 0 Å². The fourth-order valence-corrected chi connectivity index (χ4v) is 5.05. The molecule has 174 valence electrons. The summed E-state index contributed by atoms with van der Waals surface area (Å²) in [7, 11) is 0. The second kappa shape index (κ2) is 6.96. The summed E-state index contributed by atoms with van der Waals surface area (Å²) in [5.74, 6) is -1.84. The molecule has 0 aliphatic heterocycles. The molecule has 33 heavy (non-hydrogen) atoms. The van der Waals surface area contributed by atoms with Gasteiger partial charge in [-0.25, -0.2) is 9.50 Å². The van der Waals surface area contributed by atoms with Crippen molar-refractivity contribution in [1.29, 1.82) is 0 Å². The highest BCUT2D eigenvalue weighted by Gasteiger charge is 2.52. The van der Waals surface area contributed by atoms with Gasteiger partial charge in [-0.3, -0.25) is 9.78 Å². The first kappa shape index (κ1) is 21.7. The Bertz CT molecular complexity index is 1270. The zero-order valence-corrected chi connectivity index (χ0v) is 17.9. The number of hydrogen-bond acceptors (Lipinski definition) is 5. The molecule has 2 N–H and O–H groups in total. The van der Waals surface area contributed by atoms with Crippen LogP contribution < -0.4 is 5.32 Å². The van der Waals surface area contributed by atoms with Crippen LogP contribution in [0.15, 0.2) is 24.5 Å². The molecule has 5 rings (SSSR count). The highest BCUT2D eigenvalue weighted by molar-refractivity contribution is 5.97. The summed E-state index contributed by atoms with van der Waals surface area (Å²) in [6, 6.07) is 1.99. The predicted molar refractivity (Wildman–Crippen MR) is 109 cm³/mol. The van der Waals surface area contributed by atoms with Gasteiger partial charge in [-0.05, 0) is 39.2 Å². The van der Waals surface area contributed by atoms with Crippen molar-refractivity contribution in [1.82, 2.24) is 19.6 Å². The molecule has 1 spiro atoms. The average molecular weight is 463 g/mol. The third-order valence-corrected chi connectivity index (χ3v) is 6.62. The van der Waals surface area contributed by atoms with Crippen molar-refractivity contribution in [3.8, 4) is 0 Å². The molecule has 11 heteroatoms. The Morgan fingerprint density at radius 2 is 1.94 bits per heavy atom. The van der Waals surface area contributed by atoms with Crippen LogP contribution >= 0.6 is 0 Å². The summed E-state index contributed by atoms with van der Waals surface area (Å²) in [6.45, 7) is 2.42. The third kappa shape index (κ3) is 3.45. The summed E-state index contributed by atoms with van der Waals surface area (Å²) in [4.78, 5) is 21.2. The van der Waals surface area contributed by atoms with E-state index < -0.39 is 40.8 Å². The van der Waals surface area contributed by atoms with Gasteiger partial charge >= 0.3 is 6.18 Å². The predicted octanol–water partition coefficient (Wildman–Crippen LogP) is 4.06. The summed E-state index contributed by atoms with van der Waals surface area (Å²) in [5.41, 5.74) is -2.24. The van der Waals surface area contributed by atoms with Crippen molar-refractivity contribution in [2.24, 2.45) is 0 Å². The fourth-order valence-electron chi connectivity index (χ4n) is 5.05. The number of amides is 1. The minimum absolute atomic E-state index is 0.129. The summed E-state index contributed by atoms with van der Waals surface area (Å²) in [6.07, 6.45) is 0.879. The topological polar surface area (TPSA) is 92.4 Å². The molecule has 1 fully saturated rings. The lowest BCUT2D eigenvalue weighted by molar-refractivity contribution is -0.140. The first-order valence-corrected chi connectivity index (χ1v) is 10.5. The second-order valence-corrected chi connectivity index (χ2v) is 9.36. The number of carbonyl (C=O) groups excluding carboxylic acids is 1. The molecular formula is C22H21F4N5O2. The van der Waals surface area contributed by atoms with Crippen LogP contribution in [0.3, 0.4) is 0 Å². The second-order valence-electron chi connectivity index (χ2n) is 9.36. The van der Waals surface area contributed by atoms with Gasteiger partial charge in [0.05, 0.1) is 34.8 Å². The van der Waals surface area contributed by atoms with E-state index in [2.05, 4.69) is 20.4 Å². The van der Waals surface area contributed by atoms with Gasteiger partial charge in [0.1, 0.15) is 5.60 Å². The SMILES string of the molecule is CC(C)(O)c1ncc(NC(=O)[C@H]2CC3(CCC3)c3c2cnc2cc(F)nn32)cc1C(F)(F)F. The number of nitrogens with one attached hydrogen (secondary N) is 1.